The van der Waals surface area contributed by atoms with Crippen LogP contribution in [0.2, 0.25) is 0 Å². The zero-order chi connectivity index (χ0) is 12.9. The Hall–Kier alpha value is -0.610. The molecule has 0 saturated carbocycles. The number of nitrogens with one attached hydrogen (secondary N) is 1. The molecular formula is C13H26N2O2. The number of hydrogen-bond donors (Lipinski definition) is 1. The highest BCUT2D eigenvalue weighted by Gasteiger charge is 2.27. The largest absolute Gasteiger partial charge is 0.383 e. The Morgan fingerprint density at radius 3 is 2.47 bits per heavy atom. The molecule has 0 bridgehead atoms. The molecule has 1 rings (SSSR count). The van der Waals surface area contributed by atoms with Crippen molar-refractivity contribution in [1.29, 1.82) is 0 Å². The van der Waals surface area contributed by atoms with Crippen LogP contribution in [-0.2, 0) is 9.53 Å². The van der Waals surface area contributed by atoms with Gasteiger partial charge in [0.25, 0.3) is 0 Å². The predicted octanol–water partition coefficient (Wildman–Crippen LogP) is 1.40. The number of amides is 1. The molecule has 0 aromatic heterocycles. The summed E-state index contributed by atoms with van der Waals surface area (Å²) in [6.45, 7) is 8.47. The topological polar surface area (TPSA) is 41.6 Å². The van der Waals surface area contributed by atoms with Gasteiger partial charge in [-0.1, -0.05) is 0 Å². The molecule has 1 atom stereocenters. The first-order valence-electron chi connectivity index (χ1n) is 6.52. The Morgan fingerprint density at radius 2 is 1.94 bits per heavy atom. The van der Waals surface area contributed by atoms with Gasteiger partial charge in [0, 0.05) is 25.7 Å². The molecule has 0 radical (unpaired) electrons. The zero-order valence-electron chi connectivity index (χ0n) is 11.6. The van der Waals surface area contributed by atoms with Crippen LogP contribution >= 0.6 is 0 Å². The number of nitrogens with zero attached hydrogens (tertiary/aromatic N) is 1. The van der Waals surface area contributed by atoms with Gasteiger partial charge in [-0.05, 0) is 40.0 Å². The van der Waals surface area contributed by atoms with Gasteiger partial charge >= 0.3 is 0 Å². The average molecular weight is 242 g/mol. The molecule has 100 valence electrons. The second-order valence-electron chi connectivity index (χ2n) is 5.57. The third kappa shape index (κ3) is 4.64. The summed E-state index contributed by atoms with van der Waals surface area (Å²) in [5, 5.41) is 3.34. The lowest BCUT2D eigenvalue weighted by molar-refractivity contribution is -0.134. The Labute approximate surface area is 105 Å². The van der Waals surface area contributed by atoms with E-state index in [0.717, 1.165) is 25.9 Å². The molecule has 1 fully saturated rings. The summed E-state index contributed by atoms with van der Waals surface area (Å²) in [6.07, 6.45) is 3.53. The maximum Gasteiger partial charge on any atom is 0.239 e. The molecular weight excluding hydrogens is 216 g/mol. The smallest absolute Gasteiger partial charge is 0.239 e. The summed E-state index contributed by atoms with van der Waals surface area (Å²) in [5.74, 6) is 0.217. The van der Waals surface area contributed by atoms with E-state index in [1.54, 1.807) is 7.11 Å². The van der Waals surface area contributed by atoms with Gasteiger partial charge in [-0.3, -0.25) is 10.1 Å². The van der Waals surface area contributed by atoms with Crippen LogP contribution in [0, 0.1) is 0 Å². The molecule has 0 spiro atoms. The highest BCUT2D eigenvalue weighted by molar-refractivity contribution is 5.81. The first kappa shape index (κ1) is 14.5. The molecule has 0 aromatic rings. The Morgan fingerprint density at radius 1 is 1.35 bits per heavy atom. The number of piperidine rings is 1. The van der Waals surface area contributed by atoms with Gasteiger partial charge in [0.2, 0.25) is 5.91 Å². The lowest BCUT2D eigenvalue weighted by atomic mass is 10.0. The van der Waals surface area contributed by atoms with Crippen molar-refractivity contribution < 1.29 is 9.53 Å². The summed E-state index contributed by atoms with van der Waals surface area (Å²) < 4.78 is 5.15. The van der Waals surface area contributed by atoms with Crippen molar-refractivity contribution in [2.75, 3.05) is 26.8 Å². The average Bonchev–Trinajstić information content (AvgIpc) is 2.28. The van der Waals surface area contributed by atoms with Gasteiger partial charge < -0.3 is 9.64 Å². The summed E-state index contributed by atoms with van der Waals surface area (Å²) in [7, 11) is 1.68. The molecule has 17 heavy (non-hydrogen) atoms. The minimum Gasteiger partial charge on any atom is -0.383 e. The SMILES string of the molecule is COCC(C)(C)NC(C)C(=O)N1CCCCC1. The van der Waals surface area contributed by atoms with E-state index in [1.807, 2.05) is 11.8 Å². The monoisotopic (exact) mass is 242 g/mol. The molecule has 1 amide bonds. The van der Waals surface area contributed by atoms with Gasteiger partial charge in [-0.25, -0.2) is 0 Å². The standard InChI is InChI=1S/C13H26N2O2/c1-11(14-13(2,3)10-17-4)12(16)15-8-6-5-7-9-15/h11,14H,5-10H2,1-4H3. The lowest BCUT2D eigenvalue weighted by Gasteiger charge is -2.33. The van der Waals surface area contributed by atoms with Crippen LogP contribution in [0.3, 0.4) is 0 Å². The second kappa shape index (κ2) is 6.36. The number of hydrogen-bond acceptors (Lipinski definition) is 3. The van der Waals surface area contributed by atoms with Gasteiger partial charge in [0.15, 0.2) is 0 Å². The van der Waals surface area contributed by atoms with Crippen molar-refractivity contribution in [3.05, 3.63) is 0 Å². The van der Waals surface area contributed by atoms with Crippen molar-refractivity contribution in [2.24, 2.45) is 0 Å². The van der Waals surface area contributed by atoms with E-state index in [4.69, 9.17) is 4.74 Å². The maximum absolute atomic E-state index is 12.2. The fourth-order valence-electron chi connectivity index (χ4n) is 2.44. The fourth-order valence-corrected chi connectivity index (χ4v) is 2.44. The van der Waals surface area contributed by atoms with E-state index in [2.05, 4.69) is 19.2 Å². The normalized spacial score (nSPS) is 19.2. The summed E-state index contributed by atoms with van der Waals surface area (Å²) in [4.78, 5) is 14.2. The van der Waals surface area contributed by atoms with Gasteiger partial charge in [0.1, 0.15) is 0 Å². The molecule has 1 aliphatic heterocycles. The second-order valence-corrected chi connectivity index (χ2v) is 5.57. The minimum absolute atomic E-state index is 0.141. The van der Waals surface area contributed by atoms with Gasteiger partial charge in [-0.2, -0.15) is 0 Å². The molecule has 4 nitrogen and oxygen atoms in total. The third-order valence-corrected chi connectivity index (χ3v) is 3.15. The molecule has 4 heteroatoms. The molecule has 0 aliphatic carbocycles. The highest BCUT2D eigenvalue weighted by Crippen LogP contribution is 2.11. The number of ether oxygens (including phenoxy) is 1. The maximum atomic E-state index is 12.2. The van der Waals surface area contributed by atoms with Crippen molar-refractivity contribution in [3.63, 3.8) is 0 Å². The first-order chi connectivity index (χ1) is 7.96. The van der Waals surface area contributed by atoms with Crippen LogP contribution in [0.4, 0.5) is 0 Å². The minimum atomic E-state index is -0.167. The predicted molar refractivity (Wildman–Crippen MR) is 69.0 cm³/mol. The lowest BCUT2D eigenvalue weighted by Crippen LogP contribution is -2.54. The van der Waals surface area contributed by atoms with Crippen molar-refractivity contribution in [3.8, 4) is 0 Å². The summed E-state index contributed by atoms with van der Waals surface area (Å²) >= 11 is 0. The zero-order valence-corrected chi connectivity index (χ0v) is 11.6. The van der Waals surface area contributed by atoms with Crippen molar-refractivity contribution in [1.82, 2.24) is 10.2 Å². The number of methoxy groups -OCH3 is 1. The molecule has 1 heterocycles. The quantitative estimate of drug-likeness (QED) is 0.792. The fraction of sp³-hybridized carbons (Fsp3) is 0.923. The van der Waals surface area contributed by atoms with Crippen LogP contribution in [0.25, 0.3) is 0 Å². The van der Waals surface area contributed by atoms with Gasteiger partial charge in [-0.15, -0.1) is 0 Å². The molecule has 1 aliphatic rings. The van der Waals surface area contributed by atoms with E-state index in [0.29, 0.717) is 6.61 Å². The Bertz CT molecular complexity index is 248. The van der Waals surface area contributed by atoms with E-state index in [-0.39, 0.29) is 17.5 Å². The first-order valence-corrected chi connectivity index (χ1v) is 6.52. The van der Waals surface area contributed by atoms with Crippen LogP contribution in [0.15, 0.2) is 0 Å². The highest BCUT2D eigenvalue weighted by atomic mass is 16.5. The van der Waals surface area contributed by atoms with Crippen molar-refractivity contribution in [2.45, 2.75) is 51.6 Å². The molecule has 0 aromatic carbocycles. The van der Waals surface area contributed by atoms with Crippen molar-refractivity contribution >= 4 is 5.91 Å². The van der Waals surface area contributed by atoms with Crippen LogP contribution in [-0.4, -0.2) is 49.2 Å². The number of carbonyl (C=O) groups is 1. The van der Waals surface area contributed by atoms with E-state index < -0.39 is 0 Å². The molecule has 1 saturated heterocycles. The summed E-state index contributed by atoms with van der Waals surface area (Å²) in [5.41, 5.74) is -0.167. The van der Waals surface area contributed by atoms with Crippen LogP contribution in [0.5, 0.6) is 0 Å². The number of rotatable bonds is 5. The van der Waals surface area contributed by atoms with Crippen LogP contribution < -0.4 is 5.32 Å². The Balaban J connectivity index is 2.45. The summed E-state index contributed by atoms with van der Waals surface area (Å²) in [6, 6.07) is -0.141. The van der Waals surface area contributed by atoms with E-state index in [9.17, 15) is 4.79 Å². The van der Waals surface area contributed by atoms with E-state index >= 15 is 0 Å². The number of carbonyl (C=O) groups excluding carboxylic acids is 1. The Kier molecular flexibility index (Phi) is 5.40. The molecule has 1 N–H and O–H groups in total. The number of likely N-dealkylation sites (tertiary alicyclic amines) is 1. The molecule has 1 unspecified atom stereocenters. The van der Waals surface area contributed by atoms with Gasteiger partial charge in [0.05, 0.1) is 12.6 Å². The van der Waals surface area contributed by atoms with Crippen LogP contribution in [0.1, 0.15) is 40.0 Å². The van der Waals surface area contributed by atoms with E-state index in [1.165, 1.54) is 6.42 Å². The third-order valence-electron chi connectivity index (χ3n) is 3.15.